The number of benzene rings is 1. The summed E-state index contributed by atoms with van der Waals surface area (Å²) in [6.07, 6.45) is -0.134. The Balaban J connectivity index is 2.06. The fourth-order valence-corrected chi connectivity index (χ4v) is 3.92. The van der Waals surface area contributed by atoms with E-state index in [1.807, 2.05) is 13.8 Å². The summed E-state index contributed by atoms with van der Waals surface area (Å²) in [5.41, 5.74) is 0. The molecule has 1 aliphatic heterocycles. The normalized spacial score (nSPS) is 23.6. The standard InChI is InChI=1S/C15H21ClN2O4S/c1-10-8-18(9-11(2)22-10)15(19)12(3)17-23(20,21)14-6-4-13(16)5-7-14/h4-7,10-12,17H,8-9H2,1-3H3. The van der Waals surface area contributed by atoms with Gasteiger partial charge in [0.1, 0.15) is 0 Å². The summed E-state index contributed by atoms with van der Waals surface area (Å²) in [6.45, 7) is 6.23. The van der Waals surface area contributed by atoms with E-state index in [4.69, 9.17) is 16.3 Å². The Bertz CT molecular complexity index is 653. The Kier molecular flexibility index (Phi) is 5.67. The number of carbonyl (C=O) groups is 1. The van der Waals surface area contributed by atoms with Gasteiger partial charge < -0.3 is 9.64 Å². The highest BCUT2D eigenvalue weighted by Crippen LogP contribution is 2.16. The van der Waals surface area contributed by atoms with Crippen LogP contribution >= 0.6 is 11.6 Å². The van der Waals surface area contributed by atoms with Crippen molar-refractivity contribution in [2.45, 2.75) is 43.9 Å². The molecule has 1 saturated heterocycles. The molecule has 1 aromatic carbocycles. The van der Waals surface area contributed by atoms with Gasteiger partial charge in [-0.05, 0) is 45.0 Å². The Morgan fingerprint density at radius 2 is 1.78 bits per heavy atom. The molecule has 0 spiro atoms. The van der Waals surface area contributed by atoms with Crippen LogP contribution in [-0.2, 0) is 19.6 Å². The van der Waals surface area contributed by atoms with E-state index >= 15 is 0 Å². The van der Waals surface area contributed by atoms with Crippen molar-refractivity contribution in [3.8, 4) is 0 Å². The first-order valence-electron chi connectivity index (χ1n) is 7.41. The van der Waals surface area contributed by atoms with Gasteiger partial charge >= 0.3 is 0 Å². The third-order valence-corrected chi connectivity index (χ3v) is 5.37. The predicted molar refractivity (Wildman–Crippen MR) is 87.8 cm³/mol. The molecule has 1 heterocycles. The minimum Gasteiger partial charge on any atom is -0.372 e. The van der Waals surface area contributed by atoms with Crippen LogP contribution in [0.3, 0.4) is 0 Å². The molecule has 3 atom stereocenters. The van der Waals surface area contributed by atoms with Crippen LogP contribution < -0.4 is 4.72 Å². The molecular formula is C15H21ClN2O4S. The second-order valence-corrected chi connectivity index (χ2v) is 7.95. The largest absolute Gasteiger partial charge is 0.372 e. The zero-order chi connectivity index (χ0) is 17.2. The number of hydrogen-bond acceptors (Lipinski definition) is 4. The lowest BCUT2D eigenvalue weighted by Crippen LogP contribution is -2.54. The first-order valence-corrected chi connectivity index (χ1v) is 9.27. The fourth-order valence-electron chi connectivity index (χ4n) is 2.60. The summed E-state index contributed by atoms with van der Waals surface area (Å²) in [5.74, 6) is -0.260. The van der Waals surface area contributed by atoms with Gasteiger partial charge in [0.05, 0.1) is 23.1 Å². The maximum absolute atomic E-state index is 12.5. The number of morpholine rings is 1. The van der Waals surface area contributed by atoms with E-state index in [1.54, 1.807) is 11.8 Å². The smallest absolute Gasteiger partial charge is 0.241 e. The summed E-state index contributed by atoms with van der Waals surface area (Å²) < 4.78 is 32.6. The lowest BCUT2D eigenvalue weighted by atomic mass is 10.2. The lowest BCUT2D eigenvalue weighted by molar-refractivity contribution is -0.144. The maximum Gasteiger partial charge on any atom is 0.241 e. The molecule has 1 N–H and O–H groups in total. The maximum atomic E-state index is 12.5. The zero-order valence-corrected chi connectivity index (χ0v) is 14.9. The second kappa shape index (κ2) is 7.17. The molecular weight excluding hydrogens is 340 g/mol. The molecule has 1 aliphatic rings. The van der Waals surface area contributed by atoms with Gasteiger partial charge in [-0.2, -0.15) is 4.72 Å². The van der Waals surface area contributed by atoms with Gasteiger partial charge in [0.2, 0.25) is 15.9 Å². The van der Waals surface area contributed by atoms with Crippen LogP contribution in [0.1, 0.15) is 20.8 Å². The first kappa shape index (κ1) is 18.2. The van der Waals surface area contributed by atoms with Crippen LogP contribution in [0, 0.1) is 0 Å². The van der Waals surface area contributed by atoms with Crippen LogP contribution in [0.5, 0.6) is 0 Å². The van der Waals surface area contributed by atoms with E-state index in [1.165, 1.54) is 24.3 Å². The molecule has 0 aliphatic carbocycles. The summed E-state index contributed by atoms with van der Waals surface area (Å²) in [4.78, 5) is 14.2. The molecule has 23 heavy (non-hydrogen) atoms. The van der Waals surface area contributed by atoms with Crippen molar-refractivity contribution in [2.24, 2.45) is 0 Å². The Hall–Kier alpha value is -1.15. The molecule has 2 rings (SSSR count). The van der Waals surface area contributed by atoms with E-state index in [2.05, 4.69) is 4.72 Å². The fraction of sp³-hybridized carbons (Fsp3) is 0.533. The van der Waals surface area contributed by atoms with E-state index in [9.17, 15) is 13.2 Å². The predicted octanol–water partition coefficient (Wildman–Crippen LogP) is 1.64. The minimum absolute atomic E-state index is 0.0669. The van der Waals surface area contributed by atoms with Gasteiger partial charge in [0.15, 0.2) is 0 Å². The van der Waals surface area contributed by atoms with Crippen molar-refractivity contribution in [1.29, 1.82) is 0 Å². The Labute approximate surface area is 141 Å². The molecule has 0 saturated carbocycles. The monoisotopic (exact) mass is 360 g/mol. The highest BCUT2D eigenvalue weighted by molar-refractivity contribution is 7.89. The van der Waals surface area contributed by atoms with Crippen LogP contribution in [0.2, 0.25) is 5.02 Å². The summed E-state index contributed by atoms with van der Waals surface area (Å²) in [7, 11) is -3.77. The Morgan fingerprint density at radius 3 is 2.30 bits per heavy atom. The van der Waals surface area contributed by atoms with Crippen molar-refractivity contribution in [2.75, 3.05) is 13.1 Å². The molecule has 0 aromatic heterocycles. The number of hydrogen-bond donors (Lipinski definition) is 1. The van der Waals surface area contributed by atoms with Crippen molar-refractivity contribution >= 4 is 27.5 Å². The average molecular weight is 361 g/mol. The van der Waals surface area contributed by atoms with E-state index in [0.29, 0.717) is 18.1 Å². The molecule has 0 bridgehead atoms. The summed E-state index contributed by atoms with van der Waals surface area (Å²) in [5, 5.41) is 0.448. The van der Waals surface area contributed by atoms with Crippen LogP contribution in [0.4, 0.5) is 0 Å². The molecule has 128 valence electrons. The van der Waals surface area contributed by atoms with Crippen molar-refractivity contribution < 1.29 is 17.9 Å². The van der Waals surface area contributed by atoms with E-state index < -0.39 is 16.1 Å². The van der Waals surface area contributed by atoms with Gasteiger partial charge in [0, 0.05) is 18.1 Å². The van der Waals surface area contributed by atoms with E-state index in [-0.39, 0.29) is 23.0 Å². The highest BCUT2D eigenvalue weighted by atomic mass is 35.5. The lowest BCUT2D eigenvalue weighted by Gasteiger charge is -2.36. The third kappa shape index (κ3) is 4.67. The number of amides is 1. The van der Waals surface area contributed by atoms with Crippen molar-refractivity contribution in [1.82, 2.24) is 9.62 Å². The molecule has 0 radical (unpaired) electrons. The SMILES string of the molecule is CC1CN(C(=O)C(C)NS(=O)(=O)c2ccc(Cl)cc2)CC(C)O1. The molecule has 6 nitrogen and oxygen atoms in total. The number of rotatable bonds is 4. The van der Waals surface area contributed by atoms with Gasteiger partial charge in [-0.3, -0.25) is 4.79 Å². The molecule has 1 aromatic rings. The number of halogens is 1. The number of ether oxygens (including phenoxy) is 1. The van der Waals surface area contributed by atoms with Crippen LogP contribution in [0.15, 0.2) is 29.2 Å². The molecule has 3 unspecified atom stereocenters. The number of sulfonamides is 1. The molecule has 1 fully saturated rings. The number of nitrogens with one attached hydrogen (secondary N) is 1. The zero-order valence-electron chi connectivity index (χ0n) is 13.3. The average Bonchev–Trinajstić information content (AvgIpc) is 2.45. The van der Waals surface area contributed by atoms with Gasteiger partial charge in [0.25, 0.3) is 0 Å². The highest BCUT2D eigenvalue weighted by Gasteiger charge is 2.30. The quantitative estimate of drug-likeness (QED) is 0.885. The van der Waals surface area contributed by atoms with Crippen LogP contribution in [0.25, 0.3) is 0 Å². The Morgan fingerprint density at radius 1 is 1.26 bits per heavy atom. The minimum atomic E-state index is -3.77. The second-order valence-electron chi connectivity index (χ2n) is 5.80. The number of carbonyl (C=O) groups excluding carboxylic acids is 1. The van der Waals surface area contributed by atoms with Crippen LogP contribution in [-0.4, -0.2) is 50.6 Å². The third-order valence-electron chi connectivity index (χ3n) is 3.56. The molecule has 1 amide bonds. The topological polar surface area (TPSA) is 75.7 Å². The number of nitrogens with zero attached hydrogens (tertiary/aromatic N) is 1. The van der Waals surface area contributed by atoms with Crippen molar-refractivity contribution in [3.63, 3.8) is 0 Å². The van der Waals surface area contributed by atoms with Gasteiger partial charge in [-0.15, -0.1) is 0 Å². The van der Waals surface area contributed by atoms with Gasteiger partial charge in [-0.25, -0.2) is 8.42 Å². The van der Waals surface area contributed by atoms with Gasteiger partial charge in [-0.1, -0.05) is 11.6 Å². The van der Waals surface area contributed by atoms with Crippen molar-refractivity contribution in [3.05, 3.63) is 29.3 Å². The summed E-state index contributed by atoms with van der Waals surface area (Å²) >= 11 is 5.76. The molecule has 8 heteroatoms. The first-order chi connectivity index (χ1) is 10.7. The summed E-state index contributed by atoms with van der Waals surface area (Å²) in [6, 6.07) is 4.94. The van der Waals surface area contributed by atoms with E-state index in [0.717, 1.165) is 0 Å².